The molecule has 3 aromatic rings. The molecule has 1 N–H and O–H groups in total. The van der Waals surface area contributed by atoms with Crippen LogP contribution in [0.1, 0.15) is 85.1 Å². The number of hydrogen-bond donors (Lipinski definition) is 1. The van der Waals surface area contributed by atoms with Gasteiger partial charge in [-0.05, 0) is 56.9 Å². The number of amides is 2. The van der Waals surface area contributed by atoms with Crippen LogP contribution in [0, 0.1) is 6.92 Å². The van der Waals surface area contributed by atoms with Crippen molar-refractivity contribution in [3.63, 3.8) is 0 Å². The molecule has 0 bridgehead atoms. The molecule has 0 aliphatic carbocycles. The fraction of sp³-hybridized carbons (Fsp3) is 0.452. The summed E-state index contributed by atoms with van der Waals surface area (Å²) in [6, 6.07) is 11.0. The molecule has 1 aliphatic rings. The summed E-state index contributed by atoms with van der Waals surface area (Å²) in [5.74, 6) is 1.01. The van der Waals surface area contributed by atoms with Crippen molar-refractivity contribution < 1.29 is 19.1 Å². The zero-order valence-corrected chi connectivity index (χ0v) is 23.0. The van der Waals surface area contributed by atoms with E-state index in [1.54, 1.807) is 31.4 Å². The van der Waals surface area contributed by atoms with Crippen LogP contribution in [0.5, 0.6) is 11.5 Å². The third-order valence-electron chi connectivity index (χ3n) is 7.15. The van der Waals surface area contributed by atoms with Gasteiger partial charge in [0.25, 0.3) is 11.8 Å². The Morgan fingerprint density at radius 3 is 2.39 bits per heavy atom. The van der Waals surface area contributed by atoms with Gasteiger partial charge in [-0.1, -0.05) is 44.7 Å². The summed E-state index contributed by atoms with van der Waals surface area (Å²) in [7, 11) is 1.66. The van der Waals surface area contributed by atoms with Crippen molar-refractivity contribution in [2.24, 2.45) is 0 Å². The molecule has 7 nitrogen and oxygen atoms in total. The molecule has 1 unspecified atom stereocenters. The number of ether oxygens (including phenoxy) is 2. The van der Waals surface area contributed by atoms with E-state index in [0.717, 1.165) is 47.2 Å². The summed E-state index contributed by atoms with van der Waals surface area (Å²) in [5, 5.41) is 4.54. The number of imide groups is 1. The third-order valence-corrected chi connectivity index (χ3v) is 7.15. The van der Waals surface area contributed by atoms with E-state index in [-0.39, 0.29) is 17.9 Å². The van der Waals surface area contributed by atoms with Gasteiger partial charge in [0.15, 0.2) is 11.5 Å². The number of nitrogens with zero attached hydrogens (tertiary/aromatic N) is 2. The smallest absolute Gasteiger partial charge is 0.261 e. The number of hydrogen-bond acceptors (Lipinski definition) is 6. The van der Waals surface area contributed by atoms with Crippen LogP contribution in [0.4, 0.5) is 5.69 Å². The van der Waals surface area contributed by atoms with Crippen molar-refractivity contribution in [3.8, 4) is 11.5 Å². The Morgan fingerprint density at radius 2 is 1.71 bits per heavy atom. The van der Waals surface area contributed by atoms with Gasteiger partial charge in [-0.3, -0.25) is 19.5 Å². The van der Waals surface area contributed by atoms with Crippen molar-refractivity contribution in [2.75, 3.05) is 25.6 Å². The fourth-order valence-corrected chi connectivity index (χ4v) is 5.06. The number of anilines is 1. The number of aryl methyl sites for hydroxylation is 1. The average molecular weight is 518 g/mol. The van der Waals surface area contributed by atoms with Gasteiger partial charge >= 0.3 is 0 Å². The maximum atomic E-state index is 12.7. The van der Waals surface area contributed by atoms with Gasteiger partial charge in [-0.2, -0.15) is 0 Å². The first-order valence-corrected chi connectivity index (χ1v) is 13.8. The van der Waals surface area contributed by atoms with Crippen LogP contribution in [0.15, 0.2) is 42.6 Å². The lowest BCUT2D eigenvalue weighted by Gasteiger charge is -2.21. The molecule has 2 aromatic carbocycles. The largest absolute Gasteiger partial charge is 0.493 e. The molecule has 2 amide bonds. The molecule has 1 aromatic heterocycles. The number of nitrogens with one attached hydrogen (secondary N) is 1. The van der Waals surface area contributed by atoms with Crippen molar-refractivity contribution in [1.29, 1.82) is 0 Å². The van der Waals surface area contributed by atoms with E-state index in [0.29, 0.717) is 36.4 Å². The summed E-state index contributed by atoms with van der Waals surface area (Å²) in [6.07, 6.45) is 9.16. The topological polar surface area (TPSA) is 80.8 Å². The van der Waals surface area contributed by atoms with Gasteiger partial charge in [-0.15, -0.1) is 0 Å². The lowest BCUT2D eigenvalue weighted by atomic mass is 10.1. The van der Waals surface area contributed by atoms with E-state index >= 15 is 0 Å². The number of rotatable bonds is 14. The summed E-state index contributed by atoms with van der Waals surface area (Å²) >= 11 is 0. The molecule has 0 fully saturated rings. The Kier molecular flexibility index (Phi) is 9.21. The van der Waals surface area contributed by atoms with E-state index in [2.05, 4.69) is 26.1 Å². The van der Waals surface area contributed by atoms with Crippen LogP contribution in [0.3, 0.4) is 0 Å². The first-order chi connectivity index (χ1) is 18.5. The van der Waals surface area contributed by atoms with Gasteiger partial charge in [0.05, 0.1) is 41.4 Å². The second-order valence-corrected chi connectivity index (χ2v) is 10.1. The van der Waals surface area contributed by atoms with Crippen molar-refractivity contribution in [1.82, 2.24) is 9.88 Å². The van der Waals surface area contributed by atoms with Crippen molar-refractivity contribution in [3.05, 3.63) is 59.3 Å². The second kappa shape index (κ2) is 12.8. The number of unbranched alkanes of at least 4 members (excludes halogenated alkanes) is 4. The SMILES string of the molecule is CCCCCCCOc1c(OC)cc(NC(C)CCCN2C(=O)c3ccccc3C2=O)c2nccc(C)c12. The highest BCUT2D eigenvalue weighted by Gasteiger charge is 2.34. The van der Waals surface area contributed by atoms with Gasteiger partial charge in [0.2, 0.25) is 0 Å². The zero-order chi connectivity index (χ0) is 27.1. The van der Waals surface area contributed by atoms with E-state index in [9.17, 15) is 9.59 Å². The van der Waals surface area contributed by atoms with Gasteiger partial charge in [0.1, 0.15) is 0 Å². The molecule has 0 saturated heterocycles. The minimum Gasteiger partial charge on any atom is -0.493 e. The monoisotopic (exact) mass is 517 g/mol. The van der Waals surface area contributed by atoms with Crippen LogP contribution >= 0.6 is 0 Å². The lowest BCUT2D eigenvalue weighted by molar-refractivity contribution is 0.0651. The number of methoxy groups -OCH3 is 1. The van der Waals surface area contributed by atoms with Crippen molar-refractivity contribution >= 4 is 28.4 Å². The number of pyridine rings is 1. The fourth-order valence-electron chi connectivity index (χ4n) is 5.06. The molecular weight excluding hydrogens is 478 g/mol. The molecule has 0 saturated carbocycles. The number of carbonyl (C=O) groups excluding carboxylic acids is 2. The van der Waals surface area contributed by atoms with Gasteiger partial charge < -0.3 is 14.8 Å². The highest BCUT2D eigenvalue weighted by molar-refractivity contribution is 6.21. The Labute approximate surface area is 225 Å². The van der Waals surface area contributed by atoms with E-state index in [1.165, 1.54) is 24.2 Å². The molecular formula is C31H39N3O4. The lowest BCUT2D eigenvalue weighted by Crippen LogP contribution is -2.31. The molecule has 202 valence electrons. The minimum absolute atomic E-state index is 0.0886. The first-order valence-electron chi connectivity index (χ1n) is 13.8. The molecule has 1 aliphatic heterocycles. The predicted octanol–water partition coefficient (Wildman–Crippen LogP) is 6.78. The van der Waals surface area contributed by atoms with E-state index in [1.807, 2.05) is 18.3 Å². The van der Waals surface area contributed by atoms with E-state index < -0.39 is 0 Å². The Morgan fingerprint density at radius 1 is 1.00 bits per heavy atom. The number of carbonyl (C=O) groups is 2. The highest BCUT2D eigenvalue weighted by Crippen LogP contribution is 2.41. The molecule has 4 rings (SSSR count). The third kappa shape index (κ3) is 5.93. The molecule has 7 heteroatoms. The summed E-state index contributed by atoms with van der Waals surface area (Å²) in [4.78, 5) is 31.3. The standard InChI is InChI=1S/C31H39N3O4/c1-5-6-7-8-11-19-38-29-26(37-4)20-25(28-27(29)21(2)16-17-32-28)33-22(3)13-12-18-34-30(35)23-14-9-10-15-24(23)31(34)36/h9-10,14-17,20,22,33H,5-8,11-13,18-19H2,1-4H3. The van der Waals surface area contributed by atoms with Crippen LogP contribution in [-0.2, 0) is 0 Å². The summed E-state index contributed by atoms with van der Waals surface area (Å²) in [5.41, 5.74) is 3.79. The molecule has 2 heterocycles. The number of fused-ring (bicyclic) bond motifs is 2. The van der Waals surface area contributed by atoms with Crippen LogP contribution in [-0.4, -0.2) is 48.0 Å². The second-order valence-electron chi connectivity index (χ2n) is 10.1. The minimum atomic E-state index is -0.206. The van der Waals surface area contributed by atoms with E-state index in [4.69, 9.17) is 14.5 Å². The Hall–Kier alpha value is -3.61. The van der Waals surface area contributed by atoms with Crippen molar-refractivity contribution in [2.45, 2.75) is 71.8 Å². The number of aromatic nitrogens is 1. The van der Waals surface area contributed by atoms with Gasteiger partial charge in [-0.25, -0.2) is 0 Å². The summed E-state index contributed by atoms with van der Waals surface area (Å²) in [6.45, 7) is 7.41. The quantitative estimate of drug-likeness (QED) is 0.188. The number of benzene rings is 2. The predicted molar refractivity (Wildman–Crippen MR) is 151 cm³/mol. The average Bonchev–Trinajstić information content (AvgIpc) is 3.16. The molecule has 38 heavy (non-hydrogen) atoms. The van der Waals surface area contributed by atoms with Crippen LogP contribution in [0.2, 0.25) is 0 Å². The summed E-state index contributed by atoms with van der Waals surface area (Å²) < 4.78 is 12.0. The Bertz CT molecular complexity index is 1250. The first kappa shape index (κ1) is 27.4. The van der Waals surface area contributed by atoms with Crippen LogP contribution in [0.25, 0.3) is 10.9 Å². The Balaban J connectivity index is 1.42. The molecule has 0 spiro atoms. The normalized spacial score (nSPS) is 13.6. The van der Waals surface area contributed by atoms with Crippen LogP contribution < -0.4 is 14.8 Å². The maximum absolute atomic E-state index is 12.7. The van der Waals surface area contributed by atoms with Gasteiger partial charge in [0, 0.05) is 24.8 Å². The molecule has 0 radical (unpaired) electrons. The highest BCUT2D eigenvalue weighted by atomic mass is 16.5. The maximum Gasteiger partial charge on any atom is 0.261 e. The molecule has 1 atom stereocenters. The zero-order valence-electron chi connectivity index (χ0n) is 23.0.